The van der Waals surface area contributed by atoms with Crippen molar-refractivity contribution in [3.05, 3.63) is 29.8 Å². The van der Waals surface area contributed by atoms with Gasteiger partial charge in [0.25, 0.3) is 0 Å². The van der Waals surface area contributed by atoms with Crippen LogP contribution in [-0.4, -0.2) is 17.6 Å². The molecule has 2 N–H and O–H groups in total. The van der Waals surface area contributed by atoms with E-state index in [2.05, 4.69) is 5.32 Å². The van der Waals surface area contributed by atoms with Gasteiger partial charge in [0.2, 0.25) is 5.91 Å². The third-order valence-corrected chi connectivity index (χ3v) is 2.09. The Morgan fingerprint density at radius 2 is 2.17 bits per heavy atom. The number of nitrogens with one attached hydrogen (secondary N) is 1. The summed E-state index contributed by atoms with van der Waals surface area (Å²) >= 11 is 0. The van der Waals surface area contributed by atoms with Gasteiger partial charge in [-0.05, 0) is 11.6 Å². The van der Waals surface area contributed by atoms with Gasteiger partial charge in [-0.2, -0.15) is 0 Å². The number of aliphatic hydroxyl groups excluding tert-OH is 1. The molecule has 1 aliphatic rings. The van der Waals surface area contributed by atoms with Crippen molar-refractivity contribution in [2.24, 2.45) is 0 Å². The maximum atomic E-state index is 11.2. The minimum atomic E-state index is -0.374. The molecule has 0 bridgehead atoms. The lowest BCUT2D eigenvalue weighted by Crippen LogP contribution is -2.14. The quantitative estimate of drug-likeness (QED) is 0.640. The number of fused-ring (bicyclic) bond motifs is 1. The molecule has 1 aromatic carbocycles. The summed E-state index contributed by atoms with van der Waals surface area (Å²) in [5.74, 6) is -0.486. The summed E-state index contributed by atoms with van der Waals surface area (Å²) in [6.45, 7) is -0.122. The smallest absolute Gasteiger partial charge is 0.234 e. The summed E-state index contributed by atoms with van der Waals surface area (Å²) in [6.07, 6.45) is 0. The molecule has 1 atom stereocenters. The number of amides is 1. The van der Waals surface area contributed by atoms with Crippen LogP contribution in [0.5, 0.6) is 0 Å². The van der Waals surface area contributed by atoms with Crippen molar-refractivity contribution in [3.63, 3.8) is 0 Å². The first kappa shape index (κ1) is 7.31. The van der Waals surface area contributed by atoms with E-state index >= 15 is 0 Å². The van der Waals surface area contributed by atoms with E-state index in [1.807, 2.05) is 24.3 Å². The van der Waals surface area contributed by atoms with E-state index in [9.17, 15) is 4.79 Å². The van der Waals surface area contributed by atoms with Crippen LogP contribution in [0.25, 0.3) is 0 Å². The van der Waals surface area contributed by atoms with Gasteiger partial charge in [-0.1, -0.05) is 18.2 Å². The molecule has 0 aromatic heterocycles. The number of para-hydroxylation sites is 1. The van der Waals surface area contributed by atoms with Gasteiger partial charge in [-0.3, -0.25) is 4.79 Å². The van der Waals surface area contributed by atoms with Gasteiger partial charge >= 0.3 is 0 Å². The third-order valence-electron chi connectivity index (χ3n) is 2.09. The lowest BCUT2D eigenvalue weighted by Gasteiger charge is -2.01. The van der Waals surface area contributed by atoms with Crippen molar-refractivity contribution < 1.29 is 9.90 Å². The molecule has 0 saturated heterocycles. The number of hydrogen-bond donors (Lipinski definition) is 2. The molecule has 0 spiro atoms. The molecule has 3 nitrogen and oxygen atoms in total. The highest BCUT2D eigenvalue weighted by Crippen LogP contribution is 2.31. The van der Waals surface area contributed by atoms with E-state index in [0.717, 1.165) is 11.3 Å². The monoisotopic (exact) mass is 163 g/mol. The van der Waals surface area contributed by atoms with Crippen LogP contribution in [0.4, 0.5) is 5.69 Å². The fourth-order valence-corrected chi connectivity index (χ4v) is 1.46. The predicted molar refractivity (Wildman–Crippen MR) is 44.9 cm³/mol. The molecule has 12 heavy (non-hydrogen) atoms. The maximum Gasteiger partial charge on any atom is 0.234 e. The molecule has 2 rings (SSSR count). The summed E-state index contributed by atoms with van der Waals surface area (Å²) in [5, 5.41) is 11.6. The van der Waals surface area contributed by atoms with Gasteiger partial charge < -0.3 is 10.4 Å². The zero-order chi connectivity index (χ0) is 8.55. The van der Waals surface area contributed by atoms with E-state index in [0.29, 0.717) is 0 Å². The van der Waals surface area contributed by atoms with Crippen molar-refractivity contribution in [3.8, 4) is 0 Å². The molecule has 62 valence electrons. The van der Waals surface area contributed by atoms with Gasteiger partial charge in [-0.15, -0.1) is 0 Å². The summed E-state index contributed by atoms with van der Waals surface area (Å²) in [7, 11) is 0. The van der Waals surface area contributed by atoms with Gasteiger partial charge in [0, 0.05) is 5.69 Å². The number of rotatable bonds is 1. The van der Waals surface area contributed by atoms with E-state index < -0.39 is 0 Å². The molecule has 1 aromatic rings. The molecule has 0 radical (unpaired) electrons. The highest BCUT2D eigenvalue weighted by Gasteiger charge is 2.28. The number of aliphatic hydroxyl groups is 1. The summed E-state index contributed by atoms with van der Waals surface area (Å²) in [6, 6.07) is 7.41. The number of carbonyl (C=O) groups is 1. The maximum absolute atomic E-state index is 11.2. The SMILES string of the molecule is O=C1Nc2ccccc2[C@@H]1CO. The van der Waals surface area contributed by atoms with E-state index in [4.69, 9.17) is 5.11 Å². The molecule has 1 amide bonds. The topological polar surface area (TPSA) is 49.3 Å². The minimum Gasteiger partial charge on any atom is -0.395 e. The van der Waals surface area contributed by atoms with Gasteiger partial charge in [-0.25, -0.2) is 0 Å². The Hall–Kier alpha value is -1.35. The highest BCUT2D eigenvalue weighted by atomic mass is 16.3. The zero-order valence-corrected chi connectivity index (χ0v) is 6.45. The third kappa shape index (κ3) is 0.905. The van der Waals surface area contributed by atoms with Crippen LogP contribution in [0.3, 0.4) is 0 Å². The Morgan fingerprint density at radius 3 is 2.92 bits per heavy atom. The highest BCUT2D eigenvalue weighted by molar-refractivity contribution is 6.02. The molecule has 0 aliphatic carbocycles. The van der Waals surface area contributed by atoms with Crippen molar-refractivity contribution in [2.75, 3.05) is 11.9 Å². The first-order valence-corrected chi connectivity index (χ1v) is 3.83. The normalized spacial score (nSPS) is 20.4. The Morgan fingerprint density at radius 1 is 1.42 bits per heavy atom. The molecule has 0 saturated carbocycles. The Balaban J connectivity index is 2.47. The molecule has 0 unspecified atom stereocenters. The molecule has 1 aliphatic heterocycles. The summed E-state index contributed by atoms with van der Waals surface area (Å²) in [4.78, 5) is 11.2. The molecular weight excluding hydrogens is 154 g/mol. The van der Waals surface area contributed by atoms with Crippen molar-refractivity contribution in [2.45, 2.75) is 5.92 Å². The second-order valence-corrected chi connectivity index (χ2v) is 2.81. The fourth-order valence-electron chi connectivity index (χ4n) is 1.46. The van der Waals surface area contributed by atoms with E-state index in [1.54, 1.807) is 0 Å². The summed E-state index contributed by atoms with van der Waals surface area (Å²) in [5.41, 5.74) is 1.71. The van der Waals surface area contributed by atoms with Gasteiger partial charge in [0.1, 0.15) is 0 Å². The average Bonchev–Trinajstić information content (AvgIpc) is 2.40. The first-order chi connectivity index (χ1) is 5.83. The Kier molecular flexibility index (Phi) is 1.59. The van der Waals surface area contributed by atoms with E-state index in [-0.39, 0.29) is 18.4 Å². The van der Waals surface area contributed by atoms with Crippen LogP contribution >= 0.6 is 0 Å². The number of anilines is 1. The van der Waals surface area contributed by atoms with Crippen LogP contribution in [-0.2, 0) is 4.79 Å². The summed E-state index contributed by atoms with van der Waals surface area (Å²) < 4.78 is 0. The predicted octanol–water partition coefficient (Wildman–Crippen LogP) is 0.715. The molecule has 3 heteroatoms. The van der Waals surface area contributed by atoms with Gasteiger partial charge in [0.05, 0.1) is 12.5 Å². The number of hydrogen-bond acceptors (Lipinski definition) is 2. The fraction of sp³-hybridized carbons (Fsp3) is 0.222. The molecule has 0 fully saturated rings. The zero-order valence-electron chi connectivity index (χ0n) is 6.45. The van der Waals surface area contributed by atoms with Gasteiger partial charge in [0.15, 0.2) is 0 Å². The number of benzene rings is 1. The van der Waals surface area contributed by atoms with Crippen LogP contribution in [0.1, 0.15) is 11.5 Å². The Labute approximate surface area is 70.0 Å². The molecule has 1 heterocycles. The largest absolute Gasteiger partial charge is 0.395 e. The minimum absolute atomic E-state index is 0.112. The van der Waals surface area contributed by atoms with Crippen LogP contribution in [0, 0.1) is 0 Å². The Bertz CT molecular complexity index is 322. The standard InChI is InChI=1S/C9H9NO2/c11-5-7-6-3-1-2-4-8(6)10-9(7)12/h1-4,7,11H,5H2,(H,10,12)/t7-/m0/s1. The molecular formula is C9H9NO2. The lowest BCUT2D eigenvalue weighted by atomic mass is 10.0. The second kappa shape index (κ2) is 2.60. The second-order valence-electron chi connectivity index (χ2n) is 2.81. The lowest BCUT2D eigenvalue weighted by molar-refractivity contribution is -0.117. The van der Waals surface area contributed by atoms with Crippen LogP contribution in [0.15, 0.2) is 24.3 Å². The average molecular weight is 163 g/mol. The number of carbonyl (C=O) groups excluding carboxylic acids is 1. The van der Waals surface area contributed by atoms with Crippen LogP contribution < -0.4 is 5.32 Å². The van der Waals surface area contributed by atoms with Crippen molar-refractivity contribution in [1.29, 1.82) is 0 Å². The first-order valence-electron chi connectivity index (χ1n) is 3.83. The van der Waals surface area contributed by atoms with Crippen molar-refractivity contribution >= 4 is 11.6 Å². The van der Waals surface area contributed by atoms with Crippen LogP contribution in [0.2, 0.25) is 0 Å². The van der Waals surface area contributed by atoms with Crippen molar-refractivity contribution in [1.82, 2.24) is 0 Å². The van der Waals surface area contributed by atoms with E-state index in [1.165, 1.54) is 0 Å².